The summed E-state index contributed by atoms with van der Waals surface area (Å²) < 4.78 is 0. The lowest BCUT2D eigenvalue weighted by Gasteiger charge is -2.35. The van der Waals surface area contributed by atoms with Crippen molar-refractivity contribution in [3.63, 3.8) is 0 Å². The van der Waals surface area contributed by atoms with Gasteiger partial charge in [-0.2, -0.15) is 0 Å². The minimum atomic E-state index is 0.0351. The Kier molecular flexibility index (Phi) is 4.15. The lowest BCUT2D eigenvalue weighted by molar-refractivity contribution is 0.479. The second-order valence-corrected chi connectivity index (χ2v) is 9.62. The van der Waals surface area contributed by atoms with Crippen molar-refractivity contribution in [2.24, 2.45) is 0 Å². The Morgan fingerprint density at radius 3 is 2.29 bits per heavy atom. The summed E-state index contributed by atoms with van der Waals surface area (Å²) in [4.78, 5) is 2.43. The predicted molar refractivity (Wildman–Crippen MR) is 108 cm³/mol. The zero-order valence-corrected chi connectivity index (χ0v) is 17.2. The zero-order valence-electron chi connectivity index (χ0n) is 15.6. The lowest BCUT2D eigenvalue weighted by atomic mass is 9.84. The van der Waals surface area contributed by atoms with Crippen LogP contribution in [0.1, 0.15) is 58.6 Å². The monoisotopic (exact) mass is 389 g/mol. The number of fused-ring (bicyclic) bond motifs is 3. The van der Waals surface area contributed by atoms with Gasteiger partial charge < -0.3 is 10.0 Å². The molecule has 0 aliphatic carbocycles. The molecule has 3 heteroatoms. The van der Waals surface area contributed by atoms with E-state index in [0.29, 0.717) is 11.7 Å². The van der Waals surface area contributed by atoms with Crippen LogP contribution in [0.25, 0.3) is 10.8 Å². The van der Waals surface area contributed by atoms with E-state index >= 15 is 0 Å². The van der Waals surface area contributed by atoms with Crippen LogP contribution in [-0.2, 0) is 5.41 Å². The lowest BCUT2D eigenvalue weighted by Crippen LogP contribution is -2.40. The van der Waals surface area contributed by atoms with E-state index < -0.39 is 0 Å². The number of phenolic OH excluding ortho intramolecular Hbond substituents is 1. The first-order valence-corrected chi connectivity index (χ1v) is 9.80. The standard InChI is InChI=1S/C21H28BrNO/c1-20(2,3)14-7-8-15-16(9-14)19-13(11-22)12-23(21(4,5)6)17(19)10-18(15)24/h7-10,13,24H,11-12H2,1-6H3/t13-/m1/s1. The summed E-state index contributed by atoms with van der Waals surface area (Å²) >= 11 is 3.71. The fraction of sp³-hybridized carbons (Fsp3) is 0.524. The molecule has 0 unspecified atom stereocenters. The van der Waals surface area contributed by atoms with Crippen LogP contribution in [-0.4, -0.2) is 22.5 Å². The number of alkyl halides is 1. The number of rotatable bonds is 1. The van der Waals surface area contributed by atoms with Gasteiger partial charge in [0.25, 0.3) is 0 Å². The van der Waals surface area contributed by atoms with E-state index in [1.165, 1.54) is 22.2 Å². The quantitative estimate of drug-likeness (QED) is 0.609. The minimum absolute atomic E-state index is 0.0351. The Bertz CT molecular complexity index is 783. The molecule has 0 amide bonds. The van der Waals surface area contributed by atoms with Gasteiger partial charge in [-0.15, -0.1) is 0 Å². The maximum atomic E-state index is 10.6. The van der Waals surface area contributed by atoms with Crippen LogP contribution in [0.5, 0.6) is 5.75 Å². The van der Waals surface area contributed by atoms with Gasteiger partial charge >= 0.3 is 0 Å². The minimum Gasteiger partial charge on any atom is -0.507 e. The molecule has 0 saturated carbocycles. The summed E-state index contributed by atoms with van der Waals surface area (Å²) in [7, 11) is 0. The number of nitrogens with zero attached hydrogens (tertiary/aromatic N) is 1. The average molecular weight is 390 g/mol. The Morgan fingerprint density at radius 2 is 1.75 bits per heavy atom. The number of hydrogen-bond acceptors (Lipinski definition) is 2. The first kappa shape index (κ1) is 17.6. The molecule has 2 aromatic carbocycles. The summed E-state index contributed by atoms with van der Waals surface area (Å²) in [6, 6.07) is 8.47. The van der Waals surface area contributed by atoms with E-state index in [0.717, 1.165) is 17.3 Å². The fourth-order valence-corrected chi connectivity index (χ4v) is 4.23. The molecule has 0 fully saturated rings. The Morgan fingerprint density at radius 1 is 1.08 bits per heavy atom. The van der Waals surface area contributed by atoms with Crippen LogP contribution in [0.4, 0.5) is 5.69 Å². The van der Waals surface area contributed by atoms with Gasteiger partial charge in [-0.1, -0.05) is 54.9 Å². The third kappa shape index (κ3) is 2.81. The molecule has 1 heterocycles. The van der Waals surface area contributed by atoms with Gasteiger partial charge in [0.05, 0.1) is 0 Å². The number of benzene rings is 2. The van der Waals surface area contributed by atoms with E-state index in [-0.39, 0.29) is 11.0 Å². The molecule has 1 N–H and O–H groups in total. The van der Waals surface area contributed by atoms with Crippen molar-refractivity contribution < 1.29 is 5.11 Å². The molecule has 0 spiro atoms. The van der Waals surface area contributed by atoms with E-state index in [1.54, 1.807) is 0 Å². The topological polar surface area (TPSA) is 23.5 Å². The van der Waals surface area contributed by atoms with Gasteiger partial charge in [-0.3, -0.25) is 0 Å². The van der Waals surface area contributed by atoms with Gasteiger partial charge in [-0.05, 0) is 42.7 Å². The van der Waals surface area contributed by atoms with Crippen LogP contribution in [0.2, 0.25) is 0 Å². The average Bonchev–Trinajstić information content (AvgIpc) is 2.84. The van der Waals surface area contributed by atoms with E-state index in [9.17, 15) is 5.11 Å². The molecule has 0 radical (unpaired) electrons. The zero-order chi connectivity index (χ0) is 17.9. The fourth-order valence-electron chi connectivity index (χ4n) is 3.70. The van der Waals surface area contributed by atoms with Crippen molar-refractivity contribution in [1.82, 2.24) is 0 Å². The van der Waals surface area contributed by atoms with Crippen LogP contribution >= 0.6 is 15.9 Å². The molecule has 1 aliphatic heterocycles. The van der Waals surface area contributed by atoms with Crippen molar-refractivity contribution in [2.75, 3.05) is 16.8 Å². The van der Waals surface area contributed by atoms with Gasteiger partial charge in [-0.25, -0.2) is 0 Å². The summed E-state index contributed by atoms with van der Waals surface area (Å²) in [5, 5.41) is 13.7. The van der Waals surface area contributed by atoms with E-state index in [1.807, 2.05) is 6.07 Å². The normalized spacial score (nSPS) is 18.3. The molecular formula is C21H28BrNO. The molecule has 130 valence electrons. The van der Waals surface area contributed by atoms with Crippen molar-refractivity contribution in [3.05, 3.63) is 35.4 Å². The molecular weight excluding hydrogens is 362 g/mol. The summed E-state index contributed by atoms with van der Waals surface area (Å²) in [6.07, 6.45) is 0. The first-order valence-electron chi connectivity index (χ1n) is 8.67. The van der Waals surface area contributed by atoms with Gasteiger partial charge in [0.1, 0.15) is 5.75 Å². The largest absolute Gasteiger partial charge is 0.507 e. The van der Waals surface area contributed by atoms with Gasteiger partial charge in [0.15, 0.2) is 0 Å². The van der Waals surface area contributed by atoms with Crippen LogP contribution in [0.3, 0.4) is 0 Å². The summed E-state index contributed by atoms with van der Waals surface area (Å²) in [6.45, 7) is 14.4. The number of halogens is 1. The first-order chi connectivity index (χ1) is 11.0. The molecule has 0 saturated heterocycles. The molecule has 1 atom stereocenters. The Labute approximate surface area is 154 Å². The highest BCUT2D eigenvalue weighted by Gasteiger charge is 2.36. The van der Waals surface area contributed by atoms with E-state index in [4.69, 9.17) is 0 Å². The summed E-state index contributed by atoms with van der Waals surface area (Å²) in [5.74, 6) is 0.825. The second-order valence-electron chi connectivity index (χ2n) is 8.97. The highest BCUT2D eigenvalue weighted by atomic mass is 79.9. The third-order valence-electron chi connectivity index (χ3n) is 5.10. The molecule has 24 heavy (non-hydrogen) atoms. The number of anilines is 1. The molecule has 0 bridgehead atoms. The van der Waals surface area contributed by atoms with Crippen molar-refractivity contribution in [1.29, 1.82) is 0 Å². The number of hydrogen-bond donors (Lipinski definition) is 1. The van der Waals surface area contributed by atoms with Crippen LogP contribution in [0.15, 0.2) is 24.3 Å². The second kappa shape index (κ2) is 5.66. The Balaban J connectivity index is 2.33. The Hall–Kier alpha value is -1.22. The van der Waals surface area contributed by atoms with Gasteiger partial charge in [0.2, 0.25) is 0 Å². The van der Waals surface area contributed by atoms with Crippen LogP contribution in [0, 0.1) is 0 Å². The molecule has 2 nitrogen and oxygen atoms in total. The van der Waals surface area contributed by atoms with Crippen molar-refractivity contribution in [3.8, 4) is 5.75 Å². The maximum Gasteiger partial charge on any atom is 0.125 e. The smallest absolute Gasteiger partial charge is 0.125 e. The molecule has 0 aromatic heterocycles. The molecule has 2 aromatic rings. The van der Waals surface area contributed by atoms with Crippen LogP contribution < -0.4 is 4.90 Å². The van der Waals surface area contributed by atoms with Crippen molar-refractivity contribution >= 4 is 32.4 Å². The van der Waals surface area contributed by atoms with Gasteiger partial charge in [0, 0.05) is 40.5 Å². The number of phenols is 1. The summed E-state index contributed by atoms with van der Waals surface area (Å²) in [5.41, 5.74) is 4.00. The predicted octanol–water partition coefficient (Wildman–Crippen LogP) is 5.94. The highest BCUT2D eigenvalue weighted by molar-refractivity contribution is 9.09. The van der Waals surface area contributed by atoms with E-state index in [2.05, 4.69) is 80.6 Å². The molecule has 3 rings (SSSR count). The van der Waals surface area contributed by atoms with Crippen molar-refractivity contribution in [2.45, 2.75) is 58.4 Å². The maximum absolute atomic E-state index is 10.6. The molecule has 1 aliphatic rings. The third-order valence-corrected chi connectivity index (χ3v) is 5.88. The highest BCUT2D eigenvalue weighted by Crippen LogP contribution is 2.48. The SMILES string of the molecule is CC(C)(C)c1ccc2c(O)cc3c(c2c1)[C@H](CBr)CN3C(C)(C)C. The number of aromatic hydroxyl groups is 1.